The Morgan fingerprint density at radius 3 is 2.08 bits per heavy atom. The van der Waals surface area contributed by atoms with Gasteiger partial charge >= 0.3 is 5.97 Å². The molecule has 0 saturated heterocycles. The van der Waals surface area contributed by atoms with E-state index in [1.807, 2.05) is 37.3 Å². The molecular formula is C23H26O2. The van der Waals surface area contributed by atoms with Crippen LogP contribution in [0.25, 0.3) is 16.7 Å². The van der Waals surface area contributed by atoms with Gasteiger partial charge < -0.3 is 5.11 Å². The molecular weight excluding hydrogens is 308 g/mol. The van der Waals surface area contributed by atoms with Gasteiger partial charge in [0.05, 0.1) is 5.57 Å². The number of carbonyl (C=O) groups is 1. The fourth-order valence-electron chi connectivity index (χ4n) is 2.77. The van der Waals surface area contributed by atoms with E-state index in [1.54, 1.807) is 12.2 Å². The molecule has 2 aromatic carbocycles. The van der Waals surface area contributed by atoms with Crippen molar-refractivity contribution in [1.29, 1.82) is 0 Å². The van der Waals surface area contributed by atoms with Crippen LogP contribution in [0.2, 0.25) is 0 Å². The maximum Gasteiger partial charge on any atom is 0.336 e. The molecule has 1 N–H and O–H groups in total. The lowest BCUT2D eigenvalue weighted by Crippen LogP contribution is -1.99. The third kappa shape index (κ3) is 5.46. The molecule has 0 saturated carbocycles. The van der Waals surface area contributed by atoms with Gasteiger partial charge in [0, 0.05) is 0 Å². The first kappa shape index (κ1) is 18.7. The third-order valence-electron chi connectivity index (χ3n) is 4.24. The Bertz CT molecular complexity index is 735. The van der Waals surface area contributed by atoms with E-state index in [2.05, 4.69) is 31.2 Å². The van der Waals surface area contributed by atoms with Crippen LogP contribution in [-0.4, -0.2) is 11.1 Å². The lowest BCUT2D eigenvalue weighted by Gasteiger charge is -2.07. The zero-order valence-corrected chi connectivity index (χ0v) is 15.0. The highest BCUT2D eigenvalue weighted by atomic mass is 16.4. The molecule has 0 aliphatic heterocycles. The van der Waals surface area contributed by atoms with Crippen molar-refractivity contribution >= 4 is 11.5 Å². The van der Waals surface area contributed by atoms with Gasteiger partial charge in [-0.3, -0.25) is 0 Å². The Labute approximate surface area is 150 Å². The monoisotopic (exact) mass is 334 g/mol. The molecule has 0 fully saturated rings. The molecule has 0 bridgehead atoms. The minimum Gasteiger partial charge on any atom is -0.478 e. The molecule has 0 aliphatic carbocycles. The molecule has 0 radical (unpaired) electrons. The first-order chi connectivity index (χ1) is 12.2. The molecule has 0 atom stereocenters. The van der Waals surface area contributed by atoms with Crippen molar-refractivity contribution in [3.8, 4) is 11.1 Å². The second-order valence-electron chi connectivity index (χ2n) is 6.14. The van der Waals surface area contributed by atoms with E-state index in [1.165, 1.54) is 24.8 Å². The number of aliphatic carboxylic acids is 1. The zero-order valence-electron chi connectivity index (χ0n) is 15.0. The Kier molecular flexibility index (Phi) is 7.21. The summed E-state index contributed by atoms with van der Waals surface area (Å²) < 4.78 is 0. The maximum absolute atomic E-state index is 11.4. The van der Waals surface area contributed by atoms with Crippen molar-refractivity contribution in [2.45, 2.75) is 39.5 Å². The lowest BCUT2D eigenvalue weighted by molar-refractivity contribution is -0.130. The van der Waals surface area contributed by atoms with Gasteiger partial charge in [-0.25, -0.2) is 4.79 Å². The van der Waals surface area contributed by atoms with Crippen LogP contribution < -0.4 is 0 Å². The van der Waals surface area contributed by atoms with Gasteiger partial charge in [-0.1, -0.05) is 80.4 Å². The van der Waals surface area contributed by atoms with Crippen LogP contribution in [0.4, 0.5) is 0 Å². The minimum atomic E-state index is -0.915. The number of hydrogen-bond donors (Lipinski definition) is 1. The minimum absolute atomic E-state index is 0.302. The largest absolute Gasteiger partial charge is 0.478 e. The van der Waals surface area contributed by atoms with Gasteiger partial charge in [0.2, 0.25) is 0 Å². The van der Waals surface area contributed by atoms with E-state index in [-0.39, 0.29) is 0 Å². The highest BCUT2D eigenvalue weighted by Gasteiger charge is 2.09. The summed E-state index contributed by atoms with van der Waals surface area (Å²) in [6.45, 7) is 4.08. The molecule has 0 heterocycles. The van der Waals surface area contributed by atoms with Crippen molar-refractivity contribution in [1.82, 2.24) is 0 Å². The summed E-state index contributed by atoms with van der Waals surface area (Å²) in [4.78, 5) is 11.4. The molecule has 2 rings (SSSR count). The number of carboxylic acids is 1. The number of unbranched alkanes of at least 4 members (excludes halogenated alkanes) is 2. The topological polar surface area (TPSA) is 37.3 Å². The van der Waals surface area contributed by atoms with Crippen molar-refractivity contribution in [3.05, 3.63) is 77.9 Å². The van der Waals surface area contributed by atoms with E-state index in [4.69, 9.17) is 0 Å². The highest BCUT2D eigenvalue weighted by Crippen LogP contribution is 2.24. The molecule has 2 heteroatoms. The van der Waals surface area contributed by atoms with Crippen LogP contribution >= 0.6 is 0 Å². The number of aryl methyl sites for hydroxylation is 1. The average molecular weight is 334 g/mol. The zero-order chi connectivity index (χ0) is 18.1. The lowest BCUT2D eigenvalue weighted by atomic mass is 9.98. The Hall–Kier alpha value is -2.61. The fourth-order valence-corrected chi connectivity index (χ4v) is 2.77. The maximum atomic E-state index is 11.4. The van der Waals surface area contributed by atoms with Crippen LogP contribution in [0.5, 0.6) is 0 Å². The number of benzene rings is 2. The second kappa shape index (κ2) is 9.63. The van der Waals surface area contributed by atoms with E-state index in [9.17, 15) is 9.90 Å². The second-order valence-corrected chi connectivity index (χ2v) is 6.14. The molecule has 0 aromatic heterocycles. The first-order valence-electron chi connectivity index (χ1n) is 8.91. The van der Waals surface area contributed by atoms with Crippen molar-refractivity contribution in [3.63, 3.8) is 0 Å². The van der Waals surface area contributed by atoms with E-state index >= 15 is 0 Å². The molecule has 0 spiro atoms. The summed E-state index contributed by atoms with van der Waals surface area (Å²) in [5, 5.41) is 9.36. The first-order valence-corrected chi connectivity index (χ1v) is 8.91. The SMILES string of the molecule is C/C=C/C=C(/C(=O)O)c1ccc(-c2ccc(CCCCC)cc2)cc1. The number of hydrogen-bond acceptors (Lipinski definition) is 1. The quantitative estimate of drug-likeness (QED) is 0.358. The van der Waals surface area contributed by atoms with Crippen LogP contribution in [0.3, 0.4) is 0 Å². The molecule has 0 amide bonds. The van der Waals surface area contributed by atoms with Gasteiger partial charge in [0.15, 0.2) is 0 Å². The average Bonchev–Trinajstić information content (AvgIpc) is 2.63. The van der Waals surface area contributed by atoms with Gasteiger partial charge in [-0.2, -0.15) is 0 Å². The Morgan fingerprint density at radius 2 is 1.56 bits per heavy atom. The van der Waals surface area contributed by atoms with Gasteiger partial charge in [-0.05, 0) is 48.1 Å². The number of rotatable bonds is 8. The van der Waals surface area contributed by atoms with Crippen LogP contribution in [0.1, 0.15) is 44.2 Å². The summed E-state index contributed by atoms with van der Waals surface area (Å²) in [5.41, 5.74) is 4.64. The summed E-state index contributed by atoms with van der Waals surface area (Å²) in [7, 11) is 0. The van der Waals surface area contributed by atoms with E-state index < -0.39 is 5.97 Å². The van der Waals surface area contributed by atoms with Crippen LogP contribution in [-0.2, 0) is 11.2 Å². The summed E-state index contributed by atoms with van der Waals surface area (Å²) >= 11 is 0. The van der Waals surface area contributed by atoms with E-state index in [0.717, 1.165) is 17.5 Å². The third-order valence-corrected chi connectivity index (χ3v) is 4.24. The van der Waals surface area contributed by atoms with Gasteiger partial charge in [-0.15, -0.1) is 0 Å². The van der Waals surface area contributed by atoms with Crippen molar-refractivity contribution in [2.75, 3.05) is 0 Å². The smallest absolute Gasteiger partial charge is 0.336 e. The van der Waals surface area contributed by atoms with Crippen molar-refractivity contribution < 1.29 is 9.90 Å². The van der Waals surface area contributed by atoms with Gasteiger partial charge in [0.1, 0.15) is 0 Å². The highest BCUT2D eigenvalue weighted by molar-refractivity contribution is 6.15. The molecule has 130 valence electrons. The Morgan fingerprint density at radius 1 is 0.960 bits per heavy atom. The standard InChI is InChI=1S/C23H26O2/c1-3-5-7-8-18-10-12-19(13-11-18)20-14-16-21(17-15-20)22(23(24)25)9-6-4-2/h4,6,9-17H,3,5,7-8H2,1-2H3,(H,24,25)/b6-4+,22-9+. The van der Waals surface area contributed by atoms with Gasteiger partial charge in [0.25, 0.3) is 0 Å². The van der Waals surface area contributed by atoms with Crippen molar-refractivity contribution in [2.24, 2.45) is 0 Å². The number of carboxylic acid groups (broad SMARTS) is 1. The molecule has 25 heavy (non-hydrogen) atoms. The van der Waals surface area contributed by atoms with Crippen LogP contribution in [0, 0.1) is 0 Å². The van der Waals surface area contributed by atoms with Crippen LogP contribution in [0.15, 0.2) is 66.8 Å². The summed E-state index contributed by atoms with van der Waals surface area (Å²) in [6, 6.07) is 16.4. The molecule has 0 aliphatic rings. The predicted molar refractivity (Wildman–Crippen MR) is 106 cm³/mol. The Balaban J connectivity index is 2.15. The normalized spacial score (nSPS) is 11.8. The predicted octanol–water partition coefficient (Wildman–Crippen LogP) is 6.13. The summed E-state index contributed by atoms with van der Waals surface area (Å²) in [5.74, 6) is -0.915. The fraction of sp³-hybridized carbons (Fsp3) is 0.261. The van der Waals surface area contributed by atoms with E-state index in [0.29, 0.717) is 11.1 Å². The molecule has 0 unspecified atom stereocenters. The summed E-state index contributed by atoms with van der Waals surface area (Å²) in [6.07, 6.45) is 10.1. The number of allylic oxidation sites excluding steroid dienone is 3. The molecule has 2 nitrogen and oxygen atoms in total. The molecule has 2 aromatic rings.